The second kappa shape index (κ2) is 8.09. The molecule has 0 spiro atoms. The molecule has 3 nitrogen and oxygen atoms in total. The van der Waals surface area contributed by atoms with Gasteiger partial charge in [-0.2, -0.15) is 0 Å². The summed E-state index contributed by atoms with van der Waals surface area (Å²) < 4.78 is 13.7. The highest BCUT2D eigenvalue weighted by Gasteiger charge is 2.20. The van der Waals surface area contributed by atoms with Gasteiger partial charge in [0.25, 0.3) is 5.91 Å². The number of rotatable bonds is 6. The molecule has 2 aromatic rings. The van der Waals surface area contributed by atoms with Gasteiger partial charge in [-0.05, 0) is 18.2 Å². The highest BCUT2D eigenvalue weighted by Crippen LogP contribution is 2.19. The van der Waals surface area contributed by atoms with Gasteiger partial charge in [0.1, 0.15) is 11.9 Å². The summed E-state index contributed by atoms with van der Waals surface area (Å²) in [7, 11) is 0. The summed E-state index contributed by atoms with van der Waals surface area (Å²) in [6.45, 7) is 4.45. The Bertz CT molecular complexity index is 661. The smallest absolute Gasteiger partial charge is 0.279 e. The average molecular weight is 336 g/mol. The van der Waals surface area contributed by atoms with Crippen LogP contribution in [0, 0.1) is 11.7 Å². The van der Waals surface area contributed by atoms with Gasteiger partial charge in [-0.3, -0.25) is 4.79 Å². The maximum atomic E-state index is 13.7. The van der Waals surface area contributed by atoms with Gasteiger partial charge in [-0.25, -0.2) is 4.39 Å². The summed E-state index contributed by atoms with van der Waals surface area (Å²) in [5.74, 6) is -0.403. The predicted molar refractivity (Wildman–Crippen MR) is 90.9 cm³/mol. The highest BCUT2D eigenvalue weighted by molar-refractivity contribution is 6.30. The van der Waals surface area contributed by atoms with Crippen LogP contribution < -0.4 is 10.6 Å². The summed E-state index contributed by atoms with van der Waals surface area (Å²) in [6, 6.07) is 14.4. The lowest BCUT2D eigenvalue weighted by Gasteiger charge is -2.19. The number of hydrogen-bond acceptors (Lipinski definition) is 1. The van der Waals surface area contributed by atoms with Crippen LogP contribution in [0.1, 0.15) is 25.5 Å². The molecule has 0 saturated heterocycles. The maximum absolute atomic E-state index is 13.7. The summed E-state index contributed by atoms with van der Waals surface area (Å²) in [4.78, 5) is 12.1. The number of amides is 1. The zero-order valence-electron chi connectivity index (χ0n) is 13.2. The molecule has 23 heavy (non-hydrogen) atoms. The highest BCUT2D eigenvalue weighted by atomic mass is 35.5. The largest absolute Gasteiger partial charge is 0.332 e. The Hall–Kier alpha value is -1.91. The second-order valence-corrected chi connectivity index (χ2v) is 6.23. The van der Waals surface area contributed by atoms with E-state index < -0.39 is 5.82 Å². The van der Waals surface area contributed by atoms with Gasteiger partial charge in [0, 0.05) is 16.5 Å². The van der Waals surface area contributed by atoms with Gasteiger partial charge in [-0.1, -0.05) is 55.8 Å². The van der Waals surface area contributed by atoms with Crippen LogP contribution in [-0.2, 0) is 4.79 Å². The molecule has 0 aromatic heterocycles. The molecular weight excluding hydrogens is 315 g/mol. The van der Waals surface area contributed by atoms with E-state index >= 15 is 0 Å². The van der Waals surface area contributed by atoms with E-state index in [1.54, 1.807) is 6.07 Å². The fourth-order valence-electron chi connectivity index (χ4n) is 2.49. The molecule has 0 aliphatic carbocycles. The average Bonchev–Trinajstić information content (AvgIpc) is 2.51. The molecule has 122 valence electrons. The number of halogens is 2. The lowest BCUT2D eigenvalue weighted by atomic mass is 9.96. The molecular formula is C18H21ClFN2O+. The first kappa shape index (κ1) is 17.4. The SMILES string of the molecule is CC(C)[C@H]([NH2+]CC(=O)Nc1ccc(Cl)cc1F)c1ccccc1. The Balaban J connectivity index is 1.97. The third kappa shape index (κ3) is 5.05. The van der Waals surface area contributed by atoms with E-state index in [4.69, 9.17) is 11.6 Å². The van der Waals surface area contributed by atoms with Crippen LogP contribution in [0.5, 0.6) is 0 Å². The number of hydrogen-bond donors (Lipinski definition) is 2. The normalized spacial score (nSPS) is 12.2. The molecule has 0 aliphatic heterocycles. The fourth-order valence-corrected chi connectivity index (χ4v) is 2.65. The molecule has 1 atom stereocenters. The summed E-state index contributed by atoms with van der Waals surface area (Å²) in [5.41, 5.74) is 1.32. The van der Waals surface area contributed by atoms with Crippen molar-refractivity contribution < 1.29 is 14.5 Å². The number of carbonyl (C=O) groups is 1. The Morgan fingerprint density at radius 2 is 1.91 bits per heavy atom. The van der Waals surface area contributed by atoms with Crippen LogP contribution >= 0.6 is 11.6 Å². The minimum Gasteiger partial charge on any atom is -0.332 e. The van der Waals surface area contributed by atoms with E-state index in [-0.39, 0.29) is 24.2 Å². The number of carbonyl (C=O) groups excluding carboxylic acids is 1. The molecule has 0 aliphatic rings. The molecule has 0 saturated carbocycles. The molecule has 2 aromatic carbocycles. The van der Waals surface area contributed by atoms with Crippen molar-refractivity contribution >= 4 is 23.2 Å². The van der Waals surface area contributed by atoms with E-state index in [9.17, 15) is 9.18 Å². The number of benzene rings is 2. The standard InChI is InChI=1S/C18H20ClFN2O/c1-12(2)18(13-6-4-3-5-7-13)21-11-17(23)22-16-9-8-14(19)10-15(16)20/h3-10,12,18,21H,11H2,1-2H3,(H,22,23)/p+1/t18-/m0/s1. The second-order valence-electron chi connectivity index (χ2n) is 5.79. The molecule has 3 N–H and O–H groups in total. The zero-order valence-corrected chi connectivity index (χ0v) is 14.0. The first-order chi connectivity index (χ1) is 11.0. The summed E-state index contributed by atoms with van der Waals surface area (Å²) in [5, 5.41) is 4.86. The summed E-state index contributed by atoms with van der Waals surface area (Å²) in [6.07, 6.45) is 0. The Kier molecular flexibility index (Phi) is 6.13. The predicted octanol–water partition coefficient (Wildman–Crippen LogP) is 3.38. The van der Waals surface area contributed by atoms with Gasteiger partial charge < -0.3 is 10.6 Å². The molecule has 0 unspecified atom stereocenters. The lowest BCUT2D eigenvalue weighted by molar-refractivity contribution is -0.692. The van der Waals surface area contributed by atoms with Gasteiger partial charge in [0.05, 0.1) is 5.69 Å². The summed E-state index contributed by atoms with van der Waals surface area (Å²) >= 11 is 5.70. The number of anilines is 1. The minimum absolute atomic E-state index is 0.147. The topological polar surface area (TPSA) is 45.7 Å². The third-order valence-electron chi connectivity index (χ3n) is 3.67. The molecule has 1 amide bonds. The van der Waals surface area contributed by atoms with Gasteiger partial charge >= 0.3 is 0 Å². The van der Waals surface area contributed by atoms with Crippen molar-refractivity contribution in [3.05, 3.63) is 64.9 Å². The lowest BCUT2D eigenvalue weighted by Crippen LogP contribution is -2.88. The van der Waals surface area contributed by atoms with Crippen molar-refractivity contribution in [2.24, 2.45) is 5.92 Å². The Labute approximate surface area is 140 Å². The quantitative estimate of drug-likeness (QED) is 0.835. The van der Waals surface area contributed by atoms with Crippen molar-refractivity contribution in [3.8, 4) is 0 Å². The van der Waals surface area contributed by atoms with E-state index in [1.807, 2.05) is 23.5 Å². The zero-order chi connectivity index (χ0) is 16.8. The van der Waals surface area contributed by atoms with Crippen LogP contribution in [0.15, 0.2) is 48.5 Å². The van der Waals surface area contributed by atoms with Crippen LogP contribution in [0.25, 0.3) is 0 Å². The first-order valence-corrected chi connectivity index (χ1v) is 7.98. The molecule has 0 fully saturated rings. The van der Waals surface area contributed by atoms with E-state index in [1.165, 1.54) is 17.7 Å². The van der Waals surface area contributed by atoms with Crippen LogP contribution in [0.3, 0.4) is 0 Å². The van der Waals surface area contributed by atoms with Crippen LogP contribution in [-0.4, -0.2) is 12.5 Å². The Morgan fingerprint density at radius 3 is 2.52 bits per heavy atom. The van der Waals surface area contributed by atoms with Crippen LogP contribution in [0.4, 0.5) is 10.1 Å². The van der Waals surface area contributed by atoms with E-state index in [2.05, 4.69) is 31.3 Å². The van der Waals surface area contributed by atoms with Crippen molar-refractivity contribution in [2.45, 2.75) is 19.9 Å². The third-order valence-corrected chi connectivity index (χ3v) is 3.90. The Morgan fingerprint density at radius 1 is 1.22 bits per heavy atom. The van der Waals surface area contributed by atoms with Crippen molar-refractivity contribution in [3.63, 3.8) is 0 Å². The van der Waals surface area contributed by atoms with Crippen molar-refractivity contribution in [1.29, 1.82) is 0 Å². The number of nitrogens with one attached hydrogen (secondary N) is 1. The first-order valence-electron chi connectivity index (χ1n) is 7.60. The van der Waals surface area contributed by atoms with E-state index in [0.717, 1.165) is 0 Å². The number of nitrogens with two attached hydrogens (primary N) is 1. The number of quaternary nitrogens is 1. The molecule has 2 rings (SSSR count). The van der Waals surface area contributed by atoms with Crippen molar-refractivity contribution in [1.82, 2.24) is 0 Å². The fraction of sp³-hybridized carbons (Fsp3) is 0.278. The minimum atomic E-state index is -0.533. The molecule has 0 bridgehead atoms. The molecule has 5 heteroatoms. The van der Waals surface area contributed by atoms with Gasteiger partial charge in [0.15, 0.2) is 6.54 Å². The monoisotopic (exact) mass is 335 g/mol. The molecule has 0 radical (unpaired) electrons. The molecule has 0 heterocycles. The van der Waals surface area contributed by atoms with Gasteiger partial charge in [0.2, 0.25) is 0 Å². The van der Waals surface area contributed by atoms with Crippen molar-refractivity contribution in [2.75, 3.05) is 11.9 Å². The van der Waals surface area contributed by atoms with Crippen LogP contribution in [0.2, 0.25) is 5.02 Å². The maximum Gasteiger partial charge on any atom is 0.279 e. The van der Waals surface area contributed by atoms with E-state index in [0.29, 0.717) is 10.9 Å². The van der Waals surface area contributed by atoms with Gasteiger partial charge in [-0.15, -0.1) is 0 Å².